The number of rotatable bonds is 24. The summed E-state index contributed by atoms with van der Waals surface area (Å²) in [5.74, 6) is -0.361. The summed E-state index contributed by atoms with van der Waals surface area (Å²) in [6.45, 7) is 8.38. The number of esters is 1. The van der Waals surface area contributed by atoms with Crippen molar-refractivity contribution in [2.75, 3.05) is 13.2 Å². The number of unbranched alkanes of at least 4 members (excludes halogenated alkanes) is 16. The lowest BCUT2D eigenvalue weighted by atomic mass is 10.0. The highest BCUT2D eigenvalue weighted by Crippen LogP contribution is 2.14. The molecule has 0 aromatic carbocycles. The van der Waals surface area contributed by atoms with Gasteiger partial charge in [0, 0.05) is 0 Å². The van der Waals surface area contributed by atoms with E-state index in [0.717, 1.165) is 25.7 Å². The molecule has 5 nitrogen and oxygen atoms in total. The first-order valence-electron chi connectivity index (χ1n) is 13.9. The molecule has 0 aromatic rings. The third kappa shape index (κ3) is 22.1. The average molecular weight is 468 g/mol. The fourth-order valence-corrected chi connectivity index (χ4v) is 3.90. The van der Waals surface area contributed by atoms with Crippen molar-refractivity contribution in [1.29, 1.82) is 0 Å². The number of hydrogen-bond donors (Lipinski definition) is 1. The number of nitrogens with one attached hydrogen (secondary N) is 1. The minimum Gasteiger partial charge on any atom is -0.464 e. The van der Waals surface area contributed by atoms with E-state index in [1.807, 2.05) is 0 Å². The molecule has 0 radical (unpaired) electrons. The molecule has 0 fully saturated rings. The van der Waals surface area contributed by atoms with Crippen molar-refractivity contribution >= 4 is 12.1 Å². The first-order chi connectivity index (χ1) is 16.2. The third-order valence-electron chi connectivity index (χ3n) is 6.00. The Hall–Kier alpha value is -1.52. The summed E-state index contributed by atoms with van der Waals surface area (Å²) in [7, 11) is 0. The van der Waals surface area contributed by atoms with Crippen LogP contribution in [0.3, 0.4) is 0 Å². The molecule has 1 amide bonds. The smallest absolute Gasteiger partial charge is 0.408 e. The first kappa shape index (κ1) is 31.5. The summed E-state index contributed by atoms with van der Waals surface area (Å²) < 4.78 is 10.3. The maximum Gasteiger partial charge on any atom is 0.408 e. The fourth-order valence-electron chi connectivity index (χ4n) is 3.90. The summed E-state index contributed by atoms with van der Waals surface area (Å²) in [6.07, 6.45) is 24.3. The first-order valence-corrected chi connectivity index (χ1v) is 13.9. The number of alkyl carbamates (subject to hydrolysis) is 1. The Morgan fingerprint density at radius 1 is 0.697 bits per heavy atom. The van der Waals surface area contributed by atoms with E-state index in [2.05, 4.69) is 25.7 Å². The second-order valence-electron chi connectivity index (χ2n) is 9.20. The molecule has 0 aliphatic heterocycles. The zero-order chi connectivity index (χ0) is 24.4. The highest BCUT2D eigenvalue weighted by Gasteiger charge is 2.22. The largest absolute Gasteiger partial charge is 0.464 e. The van der Waals surface area contributed by atoms with Gasteiger partial charge in [0.1, 0.15) is 12.6 Å². The summed E-state index contributed by atoms with van der Waals surface area (Å²) in [6, 6.07) is -0.636. The lowest BCUT2D eigenvalue weighted by Gasteiger charge is -2.17. The molecule has 0 aromatic heterocycles. The second kappa shape index (κ2) is 25.1. The molecule has 0 heterocycles. The van der Waals surface area contributed by atoms with Crippen LogP contribution in [0.5, 0.6) is 0 Å². The Kier molecular flexibility index (Phi) is 24.0. The zero-order valence-electron chi connectivity index (χ0n) is 21.8. The van der Waals surface area contributed by atoms with Gasteiger partial charge in [-0.1, -0.05) is 136 Å². The van der Waals surface area contributed by atoms with Crippen LogP contribution in [-0.4, -0.2) is 31.3 Å². The van der Waals surface area contributed by atoms with E-state index >= 15 is 0 Å². The van der Waals surface area contributed by atoms with E-state index in [1.165, 1.54) is 96.0 Å². The number of ether oxygens (including phenoxy) is 2. The normalized spacial score (nSPS) is 11.7. The van der Waals surface area contributed by atoms with E-state index in [1.54, 1.807) is 0 Å². The summed E-state index contributed by atoms with van der Waals surface area (Å²) in [4.78, 5) is 24.0. The monoisotopic (exact) mass is 467 g/mol. The SMILES string of the molecule is C=CCOC(=O)NC(CCCC)C(=O)OCCCCCCCCCCCCCCCCCC. The van der Waals surface area contributed by atoms with Crippen LogP contribution < -0.4 is 5.32 Å². The van der Waals surface area contributed by atoms with Crippen molar-refractivity contribution < 1.29 is 19.1 Å². The minimum atomic E-state index is -0.636. The van der Waals surface area contributed by atoms with Crippen LogP contribution in [0.15, 0.2) is 12.7 Å². The molecule has 194 valence electrons. The number of amides is 1. The van der Waals surface area contributed by atoms with Crippen LogP contribution in [0.1, 0.15) is 136 Å². The van der Waals surface area contributed by atoms with Gasteiger partial charge in [0.05, 0.1) is 6.61 Å². The minimum absolute atomic E-state index is 0.126. The van der Waals surface area contributed by atoms with Crippen molar-refractivity contribution in [3.05, 3.63) is 12.7 Å². The molecular formula is C28H53NO4. The van der Waals surface area contributed by atoms with E-state index in [9.17, 15) is 9.59 Å². The average Bonchev–Trinajstić information content (AvgIpc) is 2.82. The van der Waals surface area contributed by atoms with Gasteiger partial charge in [0.25, 0.3) is 0 Å². The topological polar surface area (TPSA) is 64.6 Å². The van der Waals surface area contributed by atoms with Gasteiger partial charge in [0.15, 0.2) is 0 Å². The summed E-state index contributed by atoms with van der Waals surface area (Å²) in [5.41, 5.74) is 0. The molecule has 1 N–H and O–H groups in total. The fraction of sp³-hybridized carbons (Fsp3) is 0.857. The van der Waals surface area contributed by atoms with Crippen molar-refractivity contribution in [3.8, 4) is 0 Å². The lowest BCUT2D eigenvalue weighted by Crippen LogP contribution is -2.42. The van der Waals surface area contributed by atoms with Crippen molar-refractivity contribution in [1.82, 2.24) is 5.32 Å². The van der Waals surface area contributed by atoms with E-state index in [4.69, 9.17) is 9.47 Å². The molecule has 0 aliphatic rings. The Labute approximate surface area is 204 Å². The molecule has 33 heavy (non-hydrogen) atoms. The quantitative estimate of drug-likeness (QED) is 0.0881. The van der Waals surface area contributed by atoms with Gasteiger partial charge in [-0.3, -0.25) is 0 Å². The van der Waals surface area contributed by atoms with Crippen LogP contribution in [0, 0.1) is 0 Å². The second-order valence-corrected chi connectivity index (χ2v) is 9.20. The van der Waals surface area contributed by atoms with Crippen molar-refractivity contribution in [2.24, 2.45) is 0 Å². The number of carbonyl (C=O) groups is 2. The van der Waals surface area contributed by atoms with Crippen LogP contribution in [0.25, 0.3) is 0 Å². The highest BCUT2D eigenvalue weighted by atomic mass is 16.6. The predicted octanol–water partition coefficient (Wildman–Crippen LogP) is 8.26. The molecule has 0 saturated heterocycles. The predicted molar refractivity (Wildman–Crippen MR) is 138 cm³/mol. The van der Waals surface area contributed by atoms with Gasteiger partial charge in [0.2, 0.25) is 0 Å². The summed E-state index contributed by atoms with van der Waals surface area (Å²) >= 11 is 0. The molecule has 0 rings (SSSR count). The molecule has 1 unspecified atom stereocenters. The molecule has 0 saturated carbocycles. The van der Waals surface area contributed by atoms with Gasteiger partial charge >= 0.3 is 12.1 Å². The van der Waals surface area contributed by atoms with Crippen molar-refractivity contribution in [2.45, 2.75) is 142 Å². The Morgan fingerprint density at radius 2 is 1.15 bits per heavy atom. The number of hydrogen-bond acceptors (Lipinski definition) is 4. The van der Waals surface area contributed by atoms with Gasteiger partial charge < -0.3 is 14.8 Å². The Morgan fingerprint density at radius 3 is 1.61 bits per heavy atom. The van der Waals surface area contributed by atoms with E-state index in [-0.39, 0.29) is 12.6 Å². The molecule has 5 heteroatoms. The Bertz CT molecular complexity index is 467. The van der Waals surface area contributed by atoms with E-state index in [0.29, 0.717) is 13.0 Å². The van der Waals surface area contributed by atoms with Gasteiger partial charge in [-0.05, 0) is 12.8 Å². The van der Waals surface area contributed by atoms with Gasteiger partial charge in [-0.15, -0.1) is 0 Å². The molecule has 0 spiro atoms. The zero-order valence-corrected chi connectivity index (χ0v) is 21.8. The van der Waals surface area contributed by atoms with E-state index < -0.39 is 12.1 Å². The van der Waals surface area contributed by atoms with Crippen LogP contribution in [0.2, 0.25) is 0 Å². The van der Waals surface area contributed by atoms with Crippen LogP contribution in [0.4, 0.5) is 4.79 Å². The molecule has 1 atom stereocenters. The lowest BCUT2D eigenvalue weighted by molar-refractivity contribution is -0.146. The number of carbonyl (C=O) groups excluding carboxylic acids is 2. The van der Waals surface area contributed by atoms with Gasteiger partial charge in [-0.25, -0.2) is 9.59 Å². The standard InChI is InChI=1S/C28H53NO4/c1-4-7-9-10-11-12-13-14-15-16-17-18-19-20-21-22-25-32-27(30)26(23-8-5-2)29-28(31)33-24-6-3/h6,26H,3-5,7-25H2,1-2H3,(H,29,31). The van der Waals surface area contributed by atoms with Crippen LogP contribution in [-0.2, 0) is 14.3 Å². The molecular weight excluding hydrogens is 414 g/mol. The third-order valence-corrected chi connectivity index (χ3v) is 6.00. The Balaban J connectivity index is 3.59. The molecule has 0 bridgehead atoms. The maximum atomic E-state index is 12.3. The maximum absolute atomic E-state index is 12.3. The molecule has 0 aliphatic carbocycles. The van der Waals surface area contributed by atoms with Gasteiger partial charge in [-0.2, -0.15) is 0 Å². The van der Waals surface area contributed by atoms with Crippen molar-refractivity contribution in [3.63, 3.8) is 0 Å². The highest BCUT2D eigenvalue weighted by molar-refractivity contribution is 5.81. The van der Waals surface area contributed by atoms with Crippen LogP contribution >= 0.6 is 0 Å². The summed E-state index contributed by atoms with van der Waals surface area (Å²) in [5, 5.41) is 2.61.